The third kappa shape index (κ3) is 9.68. The van der Waals surface area contributed by atoms with E-state index in [4.69, 9.17) is 19.9 Å². The molecule has 0 fully saturated rings. The van der Waals surface area contributed by atoms with Gasteiger partial charge in [-0.05, 0) is 50.5 Å². The van der Waals surface area contributed by atoms with Crippen LogP contribution in [-0.2, 0) is 28.6 Å². The van der Waals surface area contributed by atoms with Crippen molar-refractivity contribution in [3.8, 4) is 0 Å². The Morgan fingerprint density at radius 1 is 1.17 bits per heavy atom. The Labute approximate surface area is 242 Å². The van der Waals surface area contributed by atoms with Gasteiger partial charge in [0.15, 0.2) is 6.10 Å². The highest BCUT2D eigenvalue weighted by atomic mass is 16.6. The Balaban J connectivity index is 2.57. The second-order valence-corrected chi connectivity index (χ2v) is 10.5. The molecule has 0 spiro atoms. The largest absolute Gasteiger partial charge is 0.439 e. The number of ether oxygens (including phenoxy) is 3. The first kappa shape index (κ1) is 33.4. The highest BCUT2D eigenvalue weighted by molar-refractivity contribution is 6.23. The second-order valence-electron chi connectivity index (χ2n) is 10.5. The molecular formula is C31H43N3O7. The molecule has 2 aliphatic rings. The van der Waals surface area contributed by atoms with Crippen molar-refractivity contribution >= 4 is 23.6 Å². The number of hydrogen-bond donors (Lipinski definition) is 3. The molecule has 2 rings (SSSR count). The molecule has 5 atom stereocenters. The van der Waals surface area contributed by atoms with Crippen LogP contribution in [0.4, 0.5) is 4.79 Å². The van der Waals surface area contributed by atoms with Gasteiger partial charge in [-0.25, -0.2) is 4.79 Å². The van der Waals surface area contributed by atoms with E-state index in [1.165, 1.54) is 13.2 Å². The van der Waals surface area contributed by atoms with Crippen LogP contribution in [0.5, 0.6) is 0 Å². The first-order valence-corrected chi connectivity index (χ1v) is 13.7. The molecule has 2 bridgehead atoms. The van der Waals surface area contributed by atoms with E-state index in [-0.39, 0.29) is 34.9 Å². The van der Waals surface area contributed by atoms with Gasteiger partial charge in [0.25, 0.3) is 5.91 Å². The molecule has 3 unspecified atom stereocenters. The molecule has 4 N–H and O–H groups in total. The first-order valence-electron chi connectivity index (χ1n) is 13.7. The predicted octanol–water partition coefficient (Wildman–Crippen LogP) is 3.57. The molecule has 0 aromatic heterocycles. The number of rotatable bonds is 6. The lowest BCUT2D eigenvalue weighted by Gasteiger charge is -2.26. The number of ketones is 2. The molecule has 41 heavy (non-hydrogen) atoms. The number of nitrogens with two attached hydrogens (primary N) is 1. The third-order valence-corrected chi connectivity index (χ3v) is 7.01. The fraction of sp³-hybridized carbons (Fsp3) is 0.484. The number of fused-ring (bicyclic) bond motifs is 2. The summed E-state index contributed by atoms with van der Waals surface area (Å²) in [5.74, 6) is -1.34. The number of amides is 2. The minimum absolute atomic E-state index is 0.0312. The zero-order valence-corrected chi connectivity index (χ0v) is 24.8. The highest BCUT2D eigenvalue weighted by Gasteiger charge is 2.31. The van der Waals surface area contributed by atoms with E-state index in [1.807, 2.05) is 26.8 Å². The van der Waals surface area contributed by atoms with Gasteiger partial charge in [-0.3, -0.25) is 14.4 Å². The van der Waals surface area contributed by atoms with E-state index in [2.05, 4.69) is 17.2 Å². The van der Waals surface area contributed by atoms with E-state index in [0.717, 1.165) is 11.6 Å². The van der Waals surface area contributed by atoms with Crippen molar-refractivity contribution in [2.45, 2.75) is 65.3 Å². The van der Waals surface area contributed by atoms with Crippen LogP contribution >= 0.6 is 0 Å². The molecule has 0 aromatic rings. The van der Waals surface area contributed by atoms with Gasteiger partial charge in [-0.2, -0.15) is 0 Å². The van der Waals surface area contributed by atoms with Gasteiger partial charge < -0.3 is 30.6 Å². The Hall–Kier alpha value is -3.76. The molecule has 10 nitrogen and oxygen atoms in total. The monoisotopic (exact) mass is 569 g/mol. The second kappa shape index (κ2) is 15.9. The van der Waals surface area contributed by atoms with Crippen LogP contribution < -0.4 is 16.4 Å². The number of Topliss-reactive ketones (excluding diaryl/α,β-unsaturated/α-hetero) is 1. The van der Waals surface area contributed by atoms with Crippen molar-refractivity contribution in [2.75, 3.05) is 20.8 Å². The summed E-state index contributed by atoms with van der Waals surface area (Å²) in [6, 6.07) is 0. The summed E-state index contributed by atoms with van der Waals surface area (Å²) >= 11 is 0. The number of primary amides is 1. The number of hydrogen-bond acceptors (Lipinski definition) is 8. The minimum Gasteiger partial charge on any atom is -0.439 e. The summed E-state index contributed by atoms with van der Waals surface area (Å²) in [4.78, 5) is 51.2. The Kier molecular flexibility index (Phi) is 13.0. The molecule has 10 heteroatoms. The molecule has 2 amide bonds. The van der Waals surface area contributed by atoms with Crippen molar-refractivity contribution < 1.29 is 33.4 Å². The average Bonchev–Trinajstić information content (AvgIpc) is 2.91. The van der Waals surface area contributed by atoms with E-state index < -0.39 is 35.8 Å². The Bertz CT molecular complexity index is 1180. The summed E-state index contributed by atoms with van der Waals surface area (Å²) in [7, 11) is 3.11. The maximum Gasteiger partial charge on any atom is 0.405 e. The lowest BCUT2D eigenvalue weighted by molar-refractivity contribution is -0.120. The Morgan fingerprint density at radius 2 is 1.88 bits per heavy atom. The SMILES string of the molecule is C=CCNC1=C2C[C@H](C)CC(OC)C[C@H](C)/C=C(\C)C(OC(N)=O)C(OC)/C=C\C=C(/C)C(=O)NC(=CC1=O)C2=O. The topological polar surface area (TPSA) is 146 Å². The highest BCUT2D eigenvalue weighted by Crippen LogP contribution is 2.28. The normalized spacial score (nSPS) is 30.2. The van der Waals surface area contributed by atoms with E-state index in [9.17, 15) is 19.2 Å². The standard InChI is InChI=1S/C31H43N3O7/c1-8-12-33-27-23-16-19(3)15-22(39-6)14-18(2)13-21(5)29(41-31(32)38)26(40-7)11-9-10-20(4)30(37)34-24(28(23)36)17-25(27)35/h8-11,13,17-19,22,26,29,33H,1,12,14-16H2,2-7H3,(H2,32,38)(H,34,37)/b11-9-,20-10+,21-13+/t18-,19-,22?,26?,29?/m1/s1. The van der Waals surface area contributed by atoms with Crippen LogP contribution in [0.1, 0.15) is 47.0 Å². The average molecular weight is 570 g/mol. The van der Waals surface area contributed by atoms with Gasteiger partial charge in [0.05, 0.1) is 17.5 Å². The summed E-state index contributed by atoms with van der Waals surface area (Å²) in [6.07, 6.45) is 8.54. The van der Waals surface area contributed by atoms with Crippen molar-refractivity contribution in [3.05, 3.63) is 71.1 Å². The molecular weight excluding hydrogens is 526 g/mol. The maximum atomic E-state index is 13.5. The van der Waals surface area contributed by atoms with E-state index in [0.29, 0.717) is 31.4 Å². The van der Waals surface area contributed by atoms with Crippen LogP contribution in [0.2, 0.25) is 0 Å². The Morgan fingerprint density at radius 3 is 2.49 bits per heavy atom. The number of nitrogens with one attached hydrogen (secondary N) is 2. The van der Waals surface area contributed by atoms with Gasteiger partial charge in [-0.1, -0.05) is 44.2 Å². The zero-order valence-electron chi connectivity index (χ0n) is 24.8. The molecule has 1 aliphatic carbocycles. The molecule has 1 aliphatic heterocycles. The molecule has 0 saturated heterocycles. The summed E-state index contributed by atoms with van der Waals surface area (Å²) < 4.78 is 16.8. The van der Waals surface area contributed by atoms with Gasteiger partial charge in [0.2, 0.25) is 11.6 Å². The van der Waals surface area contributed by atoms with Crippen LogP contribution in [0.25, 0.3) is 0 Å². The number of allylic oxidation sites excluding steroid dienone is 5. The van der Waals surface area contributed by atoms with Gasteiger partial charge in [0, 0.05) is 38.0 Å². The van der Waals surface area contributed by atoms with Crippen LogP contribution in [0, 0.1) is 11.8 Å². The fourth-order valence-electron chi connectivity index (χ4n) is 5.00. The summed E-state index contributed by atoms with van der Waals surface area (Å²) in [5, 5.41) is 5.60. The lowest BCUT2D eigenvalue weighted by Crippen LogP contribution is -2.36. The van der Waals surface area contributed by atoms with Gasteiger partial charge in [0.1, 0.15) is 6.10 Å². The summed E-state index contributed by atoms with van der Waals surface area (Å²) in [5.41, 5.74) is 6.84. The minimum atomic E-state index is -0.936. The van der Waals surface area contributed by atoms with Gasteiger partial charge >= 0.3 is 6.09 Å². The third-order valence-electron chi connectivity index (χ3n) is 7.01. The fourth-order valence-corrected chi connectivity index (χ4v) is 5.00. The van der Waals surface area contributed by atoms with Crippen molar-refractivity contribution in [1.29, 1.82) is 0 Å². The number of carbonyl (C=O) groups is 4. The van der Waals surface area contributed by atoms with Crippen LogP contribution in [0.3, 0.4) is 0 Å². The smallest absolute Gasteiger partial charge is 0.405 e. The summed E-state index contributed by atoms with van der Waals surface area (Å²) in [6.45, 7) is 11.4. The van der Waals surface area contributed by atoms with E-state index in [1.54, 1.807) is 32.3 Å². The molecule has 224 valence electrons. The number of methoxy groups -OCH3 is 2. The lowest BCUT2D eigenvalue weighted by atomic mass is 9.86. The molecule has 0 radical (unpaired) electrons. The van der Waals surface area contributed by atoms with Crippen molar-refractivity contribution in [2.24, 2.45) is 17.6 Å². The molecule has 0 saturated carbocycles. The van der Waals surface area contributed by atoms with Crippen molar-refractivity contribution in [1.82, 2.24) is 10.6 Å². The molecule has 1 heterocycles. The number of carbonyl (C=O) groups excluding carboxylic acids is 4. The first-order chi connectivity index (χ1) is 19.4. The zero-order chi connectivity index (χ0) is 30.7. The van der Waals surface area contributed by atoms with E-state index >= 15 is 0 Å². The van der Waals surface area contributed by atoms with Crippen molar-refractivity contribution in [3.63, 3.8) is 0 Å². The maximum absolute atomic E-state index is 13.5. The molecule has 0 aromatic carbocycles. The quantitative estimate of drug-likeness (QED) is 0.325. The predicted molar refractivity (Wildman–Crippen MR) is 156 cm³/mol. The van der Waals surface area contributed by atoms with Crippen LogP contribution in [0.15, 0.2) is 71.1 Å². The van der Waals surface area contributed by atoms with Crippen LogP contribution in [-0.4, -0.2) is 62.6 Å². The van der Waals surface area contributed by atoms with Gasteiger partial charge in [-0.15, -0.1) is 6.58 Å².